The van der Waals surface area contributed by atoms with Gasteiger partial charge in [0.05, 0.1) is 6.61 Å². The summed E-state index contributed by atoms with van der Waals surface area (Å²) in [6, 6.07) is 7.73. The predicted molar refractivity (Wildman–Crippen MR) is 86.7 cm³/mol. The molecule has 0 unspecified atom stereocenters. The standard InChI is InChI=1S/C17H23ClN2O2/c18-15-3-1-14(2-4-15)12-20-13-17(11-16(20)22)5-7-19(8-6-17)9-10-21/h1-4,21H,5-13H2. The number of β-amino-alcohol motifs (C(OH)–C–C–N with tert-alkyl or cyclic N) is 1. The van der Waals surface area contributed by atoms with Crippen molar-refractivity contribution < 1.29 is 9.90 Å². The van der Waals surface area contributed by atoms with Gasteiger partial charge in [-0.1, -0.05) is 23.7 Å². The van der Waals surface area contributed by atoms with Crippen LogP contribution in [0.25, 0.3) is 0 Å². The fourth-order valence-electron chi connectivity index (χ4n) is 3.66. The number of benzene rings is 1. The molecule has 2 heterocycles. The molecule has 0 bridgehead atoms. The topological polar surface area (TPSA) is 43.8 Å². The first-order valence-electron chi connectivity index (χ1n) is 7.96. The fourth-order valence-corrected chi connectivity index (χ4v) is 3.79. The molecule has 2 fully saturated rings. The van der Waals surface area contributed by atoms with Crippen molar-refractivity contribution in [3.63, 3.8) is 0 Å². The molecular weight excluding hydrogens is 300 g/mol. The van der Waals surface area contributed by atoms with Crippen LogP contribution in [0.2, 0.25) is 5.02 Å². The molecule has 0 radical (unpaired) electrons. The molecule has 0 atom stereocenters. The van der Waals surface area contributed by atoms with Crippen molar-refractivity contribution in [1.82, 2.24) is 9.80 Å². The zero-order valence-electron chi connectivity index (χ0n) is 12.8. The first-order valence-corrected chi connectivity index (χ1v) is 8.33. The molecule has 2 saturated heterocycles. The molecule has 22 heavy (non-hydrogen) atoms. The molecule has 1 aromatic rings. The van der Waals surface area contributed by atoms with Crippen LogP contribution < -0.4 is 0 Å². The average molecular weight is 323 g/mol. The Morgan fingerprint density at radius 3 is 2.50 bits per heavy atom. The van der Waals surface area contributed by atoms with E-state index in [-0.39, 0.29) is 17.9 Å². The van der Waals surface area contributed by atoms with Crippen LogP contribution in [-0.2, 0) is 11.3 Å². The van der Waals surface area contributed by atoms with Crippen molar-refractivity contribution in [3.05, 3.63) is 34.9 Å². The summed E-state index contributed by atoms with van der Waals surface area (Å²) in [5, 5.41) is 9.76. The largest absolute Gasteiger partial charge is 0.395 e. The number of piperidine rings is 1. The minimum absolute atomic E-state index is 0.148. The van der Waals surface area contributed by atoms with Crippen LogP contribution in [-0.4, -0.2) is 53.6 Å². The highest BCUT2D eigenvalue weighted by atomic mass is 35.5. The number of carbonyl (C=O) groups is 1. The third-order valence-electron chi connectivity index (χ3n) is 5.02. The number of halogens is 1. The van der Waals surface area contributed by atoms with Gasteiger partial charge in [-0.25, -0.2) is 0 Å². The molecule has 2 aliphatic rings. The summed E-state index contributed by atoms with van der Waals surface area (Å²) in [6.45, 7) is 4.48. The fraction of sp³-hybridized carbons (Fsp3) is 0.588. The molecule has 0 aromatic heterocycles. The van der Waals surface area contributed by atoms with Crippen molar-refractivity contribution in [2.24, 2.45) is 5.41 Å². The number of likely N-dealkylation sites (tertiary alicyclic amines) is 2. The van der Waals surface area contributed by atoms with Crippen LogP contribution in [0.3, 0.4) is 0 Å². The SMILES string of the molecule is O=C1CC2(CCN(CCO)CC2)CN1Cc1ccc(Cl)cc1. The zero-order chi connectivity index (χ0) is 15.6. The first kappa shape index (κ1) is 15.8. The Bertz CT molecular complexity index is 524. The monoisotopic (exact) mass is 322 g/mol. The van der Waals surface area contributed by atoms with E-state index in [1.165, 1.54) is 0 Å². The normalized spacial score (nSPS) is 21.7. The van der Waals surface area contributed by atoms with Crippen molar-refractivity contribution in [1.29, 1.82) is 0 Å². The molecule has 1 amide bonds. The van der Waals surface area contributed by atoms with Crippen LogP contribution in [0.5, 0.6) is 0 Å². The summed E-state index contributed by atoms with van der Waals surface area (Å²) in [4.78, 5) is 16.7. The van der Waals surface area contributed by atoms with Gasteiger partial charge < -0.3 is 14.9 Å². The Balaban J connectivity index is 1.60. The van der Waals surface area contributed by atoms with Crippen LogP contribution in [0.4, 0.5) is 0 Å². The van der Waals surface area contributed by atoms with Crippen molar-refractivity contribution in [2.75, 3.05) is 32.8 Å². The highest BCUT2D eigenvalue weighted by Crippen LogP contribution is 2.41. The highest BCUT2D eigenvalue weighted by Gasteiger charge is 2.44. The average Bonchev–Trinajstić information content (AvgIpc) is 2.80. The Kier molecular flexibility index (Phi) is 4.71. The molecule has 0 saturated carbocycles. The van der Waals surface area contributed by atoms with E-state index < -0.39 is 0 Å². The van der Waals surface area contributed by atoms with E-state index >= 15 is 0 Å². The lowest BCUT2D eigenvalue weighted by Gasteiger charge is -2.38. The van der Waals surface area contributed by atoms with Crippen molar-refractivity contribution in [2.45, 2.75) is 25.8 Å². The zero-order valence-corrected chi connectivity index (χ0v) is 13.6. The number of carbonyl (C=O) groups excluding carboxylic acids is 1. The summed E-state index contributed by atoms with van der Waals surface area (Å²) in [5.41, 5.74) is 1.28. The third-order valence-corrected chi connectivity index (χ3v) is 5.28. The Labute approximate surface area is 136 Å². The minimum atomic E-state index is 0.148. The van der Waals surface area contributed by atoms with E-state index in [9.17, 15) is 4.79 Å². The predicted octanol–water partition coefficient (Wildman–Crippen LogP) is 2.15. The second-order valence-corrected chi connectivity index (χ2v) is 7.05. The molecule has 0 aliphatic carbocycles. The number of hydrogen-bond acceptors (Lipinski definition) is 3. The van der Waals surface area contributed by atoms with Gasteiger partial charge in [-0.05, 0) is 49.0 Å². The van der Waals surface area contributed by atoms with E-state index in [0.29, 0.717) is 13.0 Å². The smallest absolute Gasteiger partial charge is 0.223 e. The number of rotatable bonds is 4. The Hall–Kier alpha value is -1.10. The van der Waals surface area contributed by atoms with Gasteiger partial charge in [0.15, 0.2) is 0 Å². The summed E-state index contributed by atoms with van der Waals surface area (Å²) in [5.74, 6) is 0.269. The Morgan fingerprint density at radius 2 is 1.86 bits per heavy atom. The maximum absolute atomic E-state index is 12.4. The van der Waals surface area contributed by atoms with Gasteiger partial charge >= 0.3 is 0 Å². The second kappa shape index (κ2) is 6.57. The van der Waals surface area contributed by atoms with Crippen molar-refractivity contribution >= 4 is 17.5 Å². The Morgan fingerprint density at radius 1 is 1.18 bits per heavy atom. The van der Waals surface area contributed by atoms with Gasteiger partial charge in [-0.3, -0.25) is 4.79 Å². The van der Waals surface area contributed by atoms with Crippen LogP contribution in [0.1, 0.15) is 24.8 Å². The van der Waals surface area contributed by atoms with Gasteiger partial charge in [0.1, 0.15) is 0 Å². The maximum atomic E-state index is 12.4. The second-order valence-electron chi connectivity index (χ2n) is 6.62. The van der Waals surface area contributed by atoms with E-state index in [4.69, 9.17) is 16.7 Å². The van der Waals surface area contributed by atoms with Gasteiger partial charge in [-0.15, -0.1) is 0 Å². The third kappa shape index (κ3) is 3.45. The molecule has 120 valence electrons. The summed E-state index contributed by atoms with van der Waals surface area (Å²) in [6.07, 6.45) is 2.78. The van der Waals surface area contributed by atoms with Crippen LogP contribution in [0, 0.1) is 5.41 Å². The molecular formula is C17H23ClN2O2. The lowest BCUT2D eigenvalue weighted by molar-refractivity contribution is -0.128. The number of hydrogen-bond donors (Lipinski definition) is 1. The molecule has 1 spiro atoms. The summed E-state index contributed by atoms with van der Waals surface area (Å²) >= 11 is 5.91. The molecule has 3 rings (SSSR count). The van der Waals surface area contributed by atoms with E-state index in [2.05, 4.69) is 4.90 Å². The quantitative estimate of drug-likeness (QED) is 0.923. The number of nitrogens with zero attached hydrogens (tertiary/aromatic N) is 2. The molecule has 2 aliphatic heterocycles. The van der Waals surface area contributed by atoms with E-state index in [1.807, 2.05) is 29.2 Å². The van der Waals surface area contributed by atoms with Crippen LogP contribution >= 0.6 is 11.6 Å². The maximum Gasteiger partial charge on any atom is 0.223 e. The minimum Gasteiger partial charge on any atom is -0.395 e. The van der Waals surface area contributed by atoms with Gasteiger partial charge in [0, 0.05) is 31.1 Å². The van der Waals surface area contributed by atoms with Gasteiger partial charge in [-0.2, -0.15) is 0 Å². The molecule has 4 nitrogen and oxygen atoms in total. The highest BCUT2D eigenvalue weighted by molar-refractivity contribution is 6.30. The molecule has 5 heteroatoms. The molecule has 1 N–H and O–H groups in total. The lowest BCUT2D eigenvalue weighted by atomic mass is 9.77. The van der Waals surface area contributed by atoms with Crippen molar-refractivity contribution in [3.8, 4) is 0 Å². The summed E-state index contributed by atoms with van der Waals surface area (Å²) < 4.78 is 0. The number of aliphatic hydroxyl groups is 1. The summed E-state index contributed by atoms with van der Waals surface area (Å²) in [7, 11) is 0. The number of aliphatic hydroxyl groups excluding tert-OH is 1. The number of amides is 1. The lowest BCUT2D eigenvalue weighted by Crippen LogP contribution is -2.42. The van der Waals surface area contributed by atoms with Gasteiger partial charge in [0.25, 0.3) is 0 Å². The molecule has 1 aromatic carbocycles. The van der Waals surface area contributed by atoms with E-state index in [0.717, 1.165) is 49.6 Å². The first-order chi connectivity index (χ1) is 10.6. The van der Waals surface area contributed by atoms with Gasteiger partial charge in [0.2, 0.25) is 5.91 Å². The van der Waals surface area contributed by atoms with Crippen LogP contribution in [0.15, 0.2) is 24.3 Å². The van der Waals surface area contributed by atoms with E-state index in [1.54, 1.807) is 0 Å².